The Balaban J connectivity index is 2.13. The molecule has 0 atom stereocenters. The normalized spacial score (nSPS) is 19.7. The van der Waals surface area contributed by atoms with Crippen LogP contribution in [0.25, 0.3) is 0 Å². The summed E-state index contributed by atoms with van der Waals surface area (Å²) in [6.45, 7) is 0. The summed E-state index contributed by atoms with van der Waals surface area (Å²) in [6.07, 6.45) is 8.41. The van der Waals surface area contributed by atoms with Gasteiger partial charge in [-0.05, 0) is 25.1 Å². The quantitative estimate of drug-likeness (QED) is 0.676. The molecule has 1 fully saturated rings. The predicted octanol–water partition coefficient (Wildman–Crippen LogP) is 3.38. The number of hydrogen-bond acceptors (Lipinski definition) is 2. The first-order valence-electron chi connectivity index (χ1n) is 4.54. The number of hydrogen-bond donors (Lipinski definition) is 1. The fourth-order valence-electron chi connectivity index (χ4n) is 1.91. The topological polar surface area (TPSA) is 28.9 Å². The maximum Gasteiger partial charge on any atom is 0.266 e. The lowest BCUT2D eigenvalue weighted by Crippen LogP contribution is -2.04. The highest BCUT2D eigenvalue weighted by molar-refractivity contribution is 7.71. The van der Waals surface area contributed by atoms with Gasteiger partial charge >= 0.3 is 0 Å². The molecular weight excluding hydrogens is 170 g/mol. The molecule has 66 valence electrons. The van der Waals surface area contributed by atoms with Crippen molar-refractivity contribution in [3.63, 3.8) is 0 Å². The van der Waals surface area contributed by atoms with Gasteiger partial charge in [-0.1, -0.05) is 19.3 Å². The molecule has 1 N–H and O–H groups in total. The number of aromatic nitrogens is 1. The second-order valence-corrected chi connectivity index (χ2v) is 3.81. The molecule has 0 amide bonds. The van der Waals surface area contributed by atoms with E-state index in [2.05, 4.69) is 4.98 Å². The van der Waals surface area contributed by atoms with Crippen molar-refractivity contribution in [3.05, 3.63) is 16.8 Å². The van der Waals surface area contributed by atoms with Crippen molar-refractivity contribution < 1.29 is 4.42 Å². The molecule has 0 spiro atoms. The Morgan fingerprint density at radius 1 is 1.33 bits per heavy atom. The van der Waals surface area contributed by atoms with E-state index < -0.39 is 0 Å². The number of oxazole rings is 1. The fraction of sp³-hybridized carbons (Fsp3) is 0.667. The minimum atomic E-state index is 0.510. The van der Waals surface area contributed by atoms with Gasteiger partial charge in [0.15, 0.2) is 0 Å². The van der Waals surface area contributed by atoms with Crippen LogP contribution in [0.5, 0.6) is 0 Å². The summed E-state index contributed by atoms with van der Waals surface area (Å²) in [5, 5.41) is 0. The summed E-state index contributed by atoms with van der Waals surface area (Å²) >= 11 is 4.88. The fourth-order valence-corrected chi connectivity index (χ4v) is 2.07. The van der Waals surface area contributed by atoms with Gasteiger partial charge in [0.05, 0.1) is 5.69 Å². The first-order chi connectivity index (χ1) is 5.86. The maximum absolute atomic E-state index is 5.08. The molecule has 1 saturated carbocycles. The second-order valence-electron chi connectivity index (χ2n) is 3.44. The van der Waals surface area contributed by atoms with E-state index in [0.29, 0.717) is 10.8 Å². The van der Waals surface area contributed by atoms with Crippen molar-refractivity contribution >= 4 is 12.2 Å². The third kappa shape index (κ3) is 1.61. The molecule has 0 aliphatic heterocycles. The van der Waals surface area contributed by atoms with E-state index in [0.717, 1.165) is 0 Å². The Kier molecular flexibility index (Phi) is 2.30. The Morgan fingerprint density at radius 2 is 2.08 bits per heavy atom. The molecule has 0 aromatic carbocycles. The van der Waals surface area contributed by atoms with Crippen molar-refractivity contribution in [1.82, 2.24) is 4.98 Å². The van der Waals surface area contributed by atoms with E-state index >= 15 is 0 Å². The van der Waals surface area contributed by atoms with Crippen molar-refractivity contribution in [2.24, 2.45) is 0 Å². The van der Waals surface area contributed by atoms with Crippen molar-refractivity contribution in [2.75, 3.05) is 0 Å². The van der Waals surface area contributed by atoms with Crippen LogP contribution in [0.3, 0.4) is 0 Å². The molecule has 0 radical (unpaired) electrons. The molecule has 0 saturated heterocycles. The Labute approximate surface area is 77.0 Å². The molecule has 3 heteroatoms. The molecule has 1 aliphatic carbocycles. The first-order valence-corrected chi connectivity index (χ1v) is 4.95. The molecule has 0 unspecified atom stereocenters. The van der Waals surface area contributed by atoms with Crippen LogP contribution in [-0.2, 0) is 0 Å². The van der Waals surface area contributed by atoms with Crippen LogP contribution in [0.2, 0.25) is 0 Å². The van der Waals surface area contributed by atoms with Crippen LogP contribution < -0.4 is 0 Å². The van der Waals surface area contributed by atoms with Crippen LogP contribution in [0, 0.1) is 4.84 Å². The van der Waals surface area contributed by atoms with Crippen molar-refractivity contribution in [2.45, 2.75) is 38.0 Å². The van der Waals surface area contributed by atoms with Crippen LogP contribution in [-0.4, -0.2) is 4.98 Å². The van der Waals surface area contributed by atoms with Gasteiger partial charge in [0.2, 0.25) is 0 Å². The zero-order valence-electron chi connectivity index (χ0n) is 7.01. The third-order valence-corrected chi connectivity index (χ3v) is 2.78. The Hall–Kier alpha value is -0.570. The maximum atomic E-state index is 5.08. The molecule has 1 aromatic heterocycles. The number of rotatable bonds is 1. The van der Waals surface area contributed by atoms with Crippen LogP contribution >= 0.6 is 12.2 Å². The molecule has 0 bridgehead atoms. The molecule has 1 aromatic rings. The van der Waals surface area contributed by atoms with Gasteiger partial charge in [-0.25, -0.2) is 0 Å². The Morgan fingerprint density at radius 3 is 2.67 bits per heavy atom. The van der Waals surface area contributed by atoms with E-state index in [4.69, 9.17) is 16.6 Å². The largest absolute Gasteiger partial charge is 0.438 e. The Bertz CT molecular complexity index is 295. The highest BCUT2D eigenvalue weighted by atomic mass is 32.1. The lowest BCUT2D eigenvalue weighted by atomic mass is 9.87. The van der Waals surface area contributed by atoms with Crippen LogP contribution in [0.1, 0.15) is 43.7 Å². The number of aromatic amines is 1. The summed E-state index contributed by atoms with van der Waals surface area (Å²) in [5.74, 6) is 0.666. The SMILES string of the molecule is S=c1[nH]c(C2CCCCC2)co1. The second kappa shape index (κ2) is 3.44. The standard InChI is InChI=1S/C9H13NOS/c12-9-10-8(6-11-9)7-4-2-1-3-5-7/h6-7H,1-5H2,(H,10,12). The third-order valence-electron chi connectivity index (χ3n) is 2.58. The molecule has 12 heavy (non-hydrogen) atoms. The molecule has 1 aliphatic rings. The summed E-state index contributed by atoms with van der Waals surface area (Å²) in [4.78, 5) is 3.60. The van der Waals surface area contributed by atoms with Crippen molar-refractivity contribution in [1.29, 1.82) is 0 Å². The smallest absolute Gasteiger partial charge is 0.266 e. The summed E-state index contributed by atoms with van der Waals surface area (Å²) in [5.41, 5.74) is 1.19. The minimum absolute atomic E-state index is 0.510. The van der Waals surface area contributed by atoms with Gasteiger partial charge in [-0.15, -0.1) is 0 Å². The van der Waals surface area contributed by atoms with E-state index in [9.17, 15) is 0 Å². The average molecular weight is 183 g/mol. The van der Waals surface area contributed by atoms with E-state index in [1.807, 2.05) is 0 Å². The monoisotopic (exact) mass is 183 g/mol. The van der Waals surface area contributed by atoms with E-state index in [1.165, 1.54) is 37.8 Å². The number of nitrogens with one attached hydrogen (secondary N) is 1. The molecule has 1 heterocycles. The number of H-pyrrole nitrogens is 1. The summed E-state index contributed by atoms with van der Waals surface area (Å²) in [7, 11) is 0. The van der Waals surface area contributed by atoms with Gasteiger partial charge in [0, 0.05) is 5.92 Å². The van der Waals surface area contributed by atoms with Gasteiger partial charge in [0.25, 0.3) is 4.84 Å². The van der Waals surface area contributed by atoms with Crippen LogP contribution in [0.4, 0.5) is 0 Å². The van der Waals surface area contributed by atoms with Gasteiger partial charge in [-0.2, -0.15) is 0 Å². The van der Waals surface area contributed by atoms with E-state index in [1.54, 1.807) is 6.26 Å². The molecular formula is C9H13NOS. The van der Waals surface area contributed by atoms with Crippen LogP contribution in [0.15, 0.2) is 10.7 Å². The summed E-state index contributed by atoms with van der Waals surface area (Å²) in [6, 6.07) is 0. The summed E-state index contributed by atoms with van der Waals surface area (Å²) < 4.78 is 5.08. The molecule has 2 nitrogen and oxygen atoms in total. The van der Waals surface area contributed by atoms with Gasteiger partial charge in [-0.3, -0.25) is 0 Å². The lowest BCUT2D eigenvalue weighted by Gasteiger charge is -2.19. The highest BCUT2D eigenvalue weighted by Crippen LogP contribution is 2.31. The average Bonchev–Trinajstić information content (AvgIpc) is 2.54. The molecule has 2 rings (SSSR count). The zero-order valence-corrected chi connectivity index (χ0v) is 7.82. The lowest BCUT2D eigenvalue weighted by molar-refractivity contribution is 0.435. The minimum Gasteiger partial charge on any atom is -0.438 e. The van der Waals surface area contributed by atoms with Crippen molar-refractivity contribution in [3.8, 4) is 0 Å². The highest BCUT2D eigenvalue weighted by Gasteiger charge is 2.16. The van der Waals surface area contributed by atoms with E-state index in [-0.39, 0.29) is 0 Å². The van der Waals surface area contributed by atoms with Gasteiger partial charge < -0.3 is 9.40 Å². The predicted molar refractivity (Wildman–Crippen MR) is 49.7 cm³/mol. The zero-order chi connectivity index (χ0) is 8.39. The first kappa shape index (κ1) is 8.05. The van der Waals surface area contributed by atoms with Gasteiger partial charge in [0.1, 0.15) is 6.26 Å².